The number of benzene rings is 1. The van der Waals surface area contributed by atoms with E-state index >= 15 is 0 Å². The molecule has 3 aromatic rings. The van der Waals surface area contributed by atoms with Crippen LogP contribution in [0.4, 0.5) is 11.5 Å². The van der Waals surface area contributed by atoms with Crippen molar-refractivity contribution in [3.8, 4) is 11.8 Å². The van der Waals surface area contributed by atoms with Crippen molar-refractivity contribution in [2.24, 2.45) is 0 Å². The van der Waals surface area contributed by atoms with Crippen LogP contribution in [0.25, 0.3) is 11.0 Å². The maximum atomic E-state index is 13.3. The molecule has 164 valence electrons. The van der Waals surface area contributed by atoms with E-state index in [0.29, 0.717) is 24.8 Å². The fourth-order valence-electron chi connectivity index (χ4n) is 4.21. The van der Waals surface area contributed by atoms with Gasteiger partial charge in [0.2, 0.25) is 0 Å². The van der Waals surface area contributed by atoms with Gasteiger partial charge in [0.25, 0.3) is 0 Å². The minimum atomic E-state index is -0.252. The molecule has 2 aromatic heterocycles. The number of aromatic nitrogens is 3. The number of hydrogen-bond acceptors (Lipinski definition) is 4. The lowest BCUT2D eigenvalue weighted by molar-refractivity contribution is -0.112. The molecule has 1 saturated heterocycles. The molecule has 5 rings (SSSR count). The first-order chi connectivity index (χ1) is 15.6. The van der Waals surface area contributed by atoms with Crippen molar-refractivity contribution in [3.05, 3.63) is 45.2 Å². The van der Waals surface area contributed by atoms with Gasteiger partial charge in [0.05, 0.1) is 30.0 Å². The average molecular weight is 540 g/mol. The minimum absolute atomic E-state index is 0.230. The summed E-state index contributed by atoms with van der Waals surface area (Å²) in [6.45, 7) is 5.45. The number of carbonyl (C=O) groups excluding carboxylic acids is 1. The minimum Gasteiger partial charge on any atom is -0.379 e. The van der Waals surface area contributed by atoms with E-state index in [4.69, 9.17) is 9.72 Å². The summed E-state index contributed by atoms with van der Waals surface area (Å²) >= 11 is 2.37. The maximum Gasteiger partial charge on any atom is 0.308 e. The van der Waals surface area contributed by atoms with Crippen LogP contribution in [0.2, 0.25) is 0 Å². The van der Waals surface area contributed by atoms with Crippen molar-refractivity contribution in [1.29, 1.82) is 0 Å². The quantitative estimate of drug-likeness (QED) is 0.335. The van der Waals surface area contributed by atoms with Gasteiger partial charge in [-0.1, -0.05) is 12.8 Å². The Balaban J connectivity index is 1.63. The average Bonchev–Trinajstić information content (AvgIpc) is 3.32. The van der Waals surface area contributed by atoms with E-state index in [9.17, 15) is 4.79 Å². The lowest BCUT2D eigenvalue weighted by Crippen LogP contribution is -2.26. The molecule has 32 heavy (non-hydrogen) atoms. The number of hydrogen-bond donors (Lipinski definition) is 0. The van der Waals surface area contributed by atoms with Crippen LogP contribution >= 0.6 is 22.6 Å². The van der Waals surface area contributed by atoms with E-state index in [1.807, 2.05) is 23.7 Å². The number of rotatable bonds is 4. The topological polar surface area (TPSA) is 60.2 Å². The third-order valence-electron chi connectivity index (χ3n) is 6.06. The Kier molecular flexibility index (Phi) is 5.91. The predicted octanol–water partition coefficient (Wildman–Crippen LogP) is 5.26. The van der Waals surface area contributed by atoms with Gasteiger partial charge in [0.15, 0.2) is 0 Å². The molecule has 1 atom stereocenters. The Labute approximate surface area is 201 Å². The first kappa shape index (κ1) is 21.4. The second-order valence-electron chi connectivity index (χ2n) is 8.41. The first-order valence-corrected chi connectivity index (χ1v) is 12.2. The van der Waals surface area contributed by atoms with Gasteiger partial charge in [-0.2, -0.15) is 5.10 Å². The lowest BCUT2D eigenvalue weighted by Gasteiger charge is -2.24. The normalized spacial score (nSPS) is 17.9. The SMILES string of the molecule is CCC#CC(=O)N(c1ccc2c(cnn2C2CCOC2)n1)c1cc(C)c(I)cc1C1CC1. The lowest BCUT2D eigenvalue weighted by atomic mass is 10.0. The van der Waals surface area contributed by atoms with Crippen LogP contribution in [0.5, 0.6) is 0 Å². The fourth-order valence-corrected chi connectivity index (χ4v) is 4.70. The largest absolute Gasteiger partial charge is 0.379 e. The summed E-state index contributed by atoms with van der Waals surface area (Å²) < 4.78 is 8.74. The molecule has 0 radical (unpaired) electrons. The van der Waals surface area contributed by atoms with Crippen molar-refractivity contribution < 1.29 is 9.53 Å². The second-order valence-corrected chi connectivity index (χ2v) is 9.57. The van der Waals surface area contributed by atoms with Crippen molar-refractivity contribution in [2.75, 3.05) is 18.1 Å². The Bertz CT molecular complexity index is 1250. The number of pyridine rings is 1. The molecular weight excluding hydrogens is 515 g/mol. The van der Waals surface area contributed by atoms with Gasteiger partial charge in [0.1, 0.15) is 11.3 Å². The Hall–Kier alpha value is -2.44. The summed E-state index contributed by atoms with van der Waals surface area (Å²) in [5, 5.41) is 4.57. The van der Waals surface area contributed by atoms with Crippen LogP contribution in [0.3, 0.4) is 0 Å². The molecule has 1 aliphatic carbocycles. The highest BCUT2D eigenvalue weighted by Gasteiger charge is 2.31. The number of aryl methyl sites for hydroxylation is 1. The number of fused-ring (bicyclic) bond motifs is 1. The number of anilines is 2. The van der Waals surface area contributed by atoms with Gasteiger partial charge in [-0.15, -0.1) is 0 Å². The first-order valence-electron chi connectivity index (χ1n) is 11.1. The number of amides is 1. The third-order valence-corrected chi connectivity index (χ3v) is 7.22. The molecule has 0 bridgehead atoms. The summed E-state index contributed by atoms with van der Waals surface area (Å²) in [5.41, 5.74) is 4.96. The van der Waals surface area contributed by atoms with E-state index in [1.54, 1.807) is 11.1 Å². The zero-order valence-electron chi connectivity index (χ0n) is 18.3. The molecule has 2 fully saturated rings. The predicted molar refractivity (Wildman–Crippen MR) is 133 cm³/mol. The van der Waals surface area contributed by atoms with E-state index in [0.717, 1.165) is 48.2 Å². The highest BCUT2D eigenvalue weighted by Crippen LogP contribution is 2.46. The van der Waals surface area contributed by atoms with E-state index in [-0.39, 0.29) is 11.9 Å². The highest BCUT2D eigenvalue weighted by atomic mass is 127. The molecule has 2 aliphatic rings. The number of halogens is 1. The van der Waals surface area contributed by atoms with E-state index < -0.39 is 0 Å². The van der Waals surface area contributed by atoms with Crippen molar-refractivity contribution in [3.63, 3.8) is 0 Å². The molecule has 1 amide bonds. The summed E-state index contributed by atoms with van der Waals surface area (Å²) in [7, 11) is 0. The molecule has 7 heteroatoms. The molecule has 0 N–H and O–H groups in total. The van der Waals surface area contributed by atoms with Gasteiger partial charge in [0, 0.05) is 16.6 Å². The molecule has 1 saturated carbocycles. The van der Waals surface area contributed by atoms with Crippen LogP contribution in [0, 0.1) is 22.3 Å². The number of ether oxygens (including phenoxy) is 1. The second kappa shape index (κ2) is 8.83. The van der Waals surface area contributed by atoms with Gasteiger partial charge < -0.3 is 4.74 Å². The standard InChI is InChI=1S/C25H25IN4O2/c1-3-4-5-25(31)29(23-12-16(2)20(26)13-19(23)17-6-7-17)24-9-8-22-21(28-24)14-27-30(22)18-10-11-32-15-18/h8-9,12-14,17-18H,3,6-7,10-11,15H2,1-2H3. The summed E-state index contributed by atoms with van der Waals surface area (Å²) in [5.74, 6) is 6.56. The van der Waals surface area contributed by atoms with Crippen molar-refractivity contribution in [2.45, 2.75) is 51.5 Å². The van der Waals surface area contributed by atoms with Crippen molar-refractivity contribution in [1.82, 2.24) is 14.8 Å². The molecule has 1 unspecified atom stereocenters. The summed E-state index contributed by atoms with van der Waals surface area (Å²) in [6, 6.07) is 8.46. The Morgan fingerprint density at radius 1 is 1.31 bits per heavy atom. The fraction of sp³-hybridized carbons (Fsp3) is 0.400. The smallest absolute Gasteiger partial charge is 0.308 e. The van der Waals surface area contributed by atoms with Gasteiger partial charge in [-0.25, -0.2) is 4.98 Å². The van der Waals surface area contributed by atoms with Gasteiger partial charge >= 0.3 is 5.91 Å². The van der Waals surface area contributed by atoms with Gasteiger partial charge in [-0.05, 0) is 96.0 Å². The molecule has 3 heterocycles. The molecule has 6 nitrogen and oxygen atoms in total. The molecular formula is C25H25IN4O2. The van der Waals surface area contributed by atoms with Gasteiger partial charge in [-0.3, -0.25) is 14.4 Å². The third kappa shape index (κ3) is 4.02. The number of nitrogens with zero attached hydrogens (tertiary/aromatic N) is 4. The Morgan fingerprint density at radius 3 is 2.88 bits per heavy atom. The number of carbonyl (C=O) groups is 1. The van der Waals surface area contributed by atoms with Crippen LogP contribution in [0.1, 0.15) is 55.7 Å². The van der Waals surface area contributed by atoms with Crippen molar-refractivity contribution >= 4 is 51.0 Å². The van der Waals surface area contributed by atoms with Crippen LogP contribution in [0.15, 0.2) is 30.5 Å². The van der Waals surface area contributed by atoms with Crippen LogP contribution in [-0.4, -0.2) is 33.9 Å². The highest BCUT2D eigenvalue weighted by molar-refractivity contribution is 14.1. The summed E-state index contributed by atoms with van der Waals surface area (Å²) in [4.78, 5) is 19.9. The zero-order valence-corrected chi connectivity index (χ0v) is 20.4. The molecule has 1 aliphatic heterocycles. The van der Waals surface area contributed by atoms with Crippen LogP contribution in [-0.2, 0) is 9.53 Å². The molecule has 1 aromatic carbocycles. The Morgan fingerprint density at radius 2 is 2.16 bits per heavy atom. The van der Waals surface area contributed by atoms with Crippen LogP contribution < -0.4 is 4.90 Å². The maximum absolute atomic E-state index is 13.3. The monoisotopic (exact) mass is 540 g/mol. The zero-order chi connectivity index (χ0) is 22.2. The molecule has 0 spiro atoms. The summed E-state index contributed by atoms with van der Waals surface area (Å²) in [6.07, 6.45) is 5.65. The van der Waals surface area contributed by atoms with E-state index in [2.05, 4.69) is 58.6 Å². The van der Waals surface area contributed by atoms with E-state index in [1.165, 1.54) is 9.13 Å².